The van der Waals surface area contributed by atoms with Gasteiger partial charge in [0.25, 0.3) is 0 Å². The van der Waals surface area contributed by atoms with Crippen molar-refractivity contribution in [1.82, 2.24) is 0 Å². The lowest BCUT2D eigenvalue weighted by molar-refractivity contribution is -0.161. The minimum atomic E-state index is -4.97. The topological polar surface area (TPSA) is 237 Å². The molecule has 3 N–H and O–H groups in total. The maximum Gasteiger partial charge on any atom is 0.472 e. The van der Waals surface area contributed by atoms with Crippen molar-refractivity contribution < 1.29 is 80.2 Å². The SMILES string of the molecule is CCCCCCCCCCCCCCCCCCCCCC(=O)OC[C@H](COP(=O)(O)OC[C@@H](O)COP(=O)(O)OC[C@@H](COC(=O)CCCCCCCCCCCCCC)OC(=O)CCCCCCCCCCCCC(C)CC)OC(=O)CCCCCCCCCCCCCCCCCCC(C)C. The first kappa shape index (κ1) is 102. The van der Waals surface area contributed by atoms with Gasteiger partial charge in [-0.1, -0.05) is 401 Å². The molecule has 0 bridgehead atoms. The van der Waals surface area contributed by atoms with E-state index >= 15 is 0 Å². The molecule has 0 amide bonds. The Labute approximate surface area is 638 Å². The van der Waals surface area contributed by atoms with Gasteiger partial charge in [0.05, 0.1) is 26.4 Å². The fourth-order valence-corrected chi connectivity index (χ4v) is 14.8. The predicted octanol–water partition coefficient (Wildman–Crippen LogP) is 25.8. The van der Waals surface area contributed by atoms with Crippen LogP contribution in [0, 0.1) is 11.8 Å². The summed E-state index contributed by atoms with van der Waals surface area (Å²) in [5.41, 5.74) is 0. The van der Waals surface area contributed by atoms with Crippen molar-refractivity contribution in [3.8, 4) is 0 Å². The summed E-state index contributed by atoms with van der Waals surface area (Å²) in [7, 11) is -9.93. The molecule has 0 aliphatic carbocycles. The molecule has 17 nitrogen and oxygen atoms in total. The average molecular weight is 1520 g/mol. The number of aliphatic hydroxyl groups is 1. The Kier molecular flexibility index (Phi) is 75.0. The van der Waals surface area contributed by atoms with Gasteiger partial charge in [-0.05, 0) is 37.5 Å². The zero-order chi connectivity index (χ0) is 76.4. The number of ether oxygens (including phenoxy) is 4. The van der Waals surface area contributed by atoms with Crippen LogP contribution in [0.2, 0.25) is 0 Å². The number of hydrogen-bond acceptors (Lipinski definition) is 15. The Morgan fingerprint density at radius 3 is 0.731 bits per heavy atom. The largest absolute Gasteiger partial charge is 0.472 e. The van der Waals surface area contributed by atoms with E-state index < -0.39 is 97.5 Å². The third-order valence-corrected chi connectivity index (χ3v) is 22.2. The Hall–Kier alpha value is -1.94. The smallest absolute Gasteiger partial charge is 0.462 e. The van der Waals surface area contributed by atoms with Crippen LogP contribution in [0.1, 0.15) is 452 Å². The van der Waals surface area contributed by atoms with Gasteiger partial charge in [0, 0.05) is 25.7 Å². The highest BCUT2D eigenvalue weighted by Gasteiger charge is 2.30. The van der Waals surface area contributed by atoms with Crippen molar-refractivity contribution in [1.29, 1.82) is 0 Å². The number of carbonyl (C=O) groups excluding carboxylic acids is 4. The molecule has 0 aromatic rings. The molecule has 0 aliphatic heterocycles. The molecule has 6 atom stereocenters. The van der Waals surface area contributed by atoms with Crippen LogP contribution in [0.15, 0.2) is 0 Å². The molecule has 0 aromatic heterocycles. The molecular weight excluding hydrogens is 1350 g/mol. The Bertz CT molecular complexity index is 2000. The summed E-state index contributed by atoms with van der Waals surface area (Å²) in [6.45, 7) is 9.72. The van der Waals surface area contributed by atoms with Crippen LogP contribution in [-0.4, -0.2) is 96.7 Å². The molecule has 0 heterocycles. The van der Waals surface area contributed by atoms with Crippen LogP contribution in [-0.2, 0) is 65.4 Å². The summed E-state index contributed by atoms with van der Waals surface area (Å²) in [4.78, 5) is 73.2. The molecule has 0 rings (SSSR count). The molecule has 0 spiro atoms. The Balaban J connectivity index is 5.25. The number of phosphoric ester groups is 2. The van der Waals surface area contributed by atoms with Crippen LogP contribution < -0.4 is 0 Å². The average Bonchev–Trinajstić information content (AvgIpc) is 0.905. The lowest BCUT2D eigenvalue weighted by Gasteiger charge is -2.21. The van der Waals surface area contributed by atoms with Crippen molar-refractivity contribution >= 4 is 39.5 Å². The van der Waals surface area contributed by atoms with Crippen LogP contribution in [0.5, 0.6) is 0 Å². The zero-order valence-corrected chi connectivity index (χ0v) is 70.1. The van der Waals surface area contributed by atoms with Crippen molar-refractivity contribution in [2.75, 3.05) is 39.6 Å². The quantitative estimate of drug-likeness (QED) is 0.0222. The van der Waals surface area contributed by atoms with Gasteiger partial charge in [-0.2, -0.15) is 0 Å². The summed E-state index contributed by atoms with van der Waals surface area (Å²) in [5.74, 6) is -0.490. The van der Waals surface area contributed by atoms with Crippen molar-refractivity contribution in [2.45, 2.75) is 471 Å². The summed E-state index contributed by atoms with van der Waals surface area (Å²) < 4.78 is 68.9. The van der Waals surface area contributed by atoms with Crippen molar-refractivity contribution in [3.63, 3.8) is 0 Å². The van der Waals surface area contributed by atoms with Crippen LogP contribution in [0.25, 0.3) is 0 Å². The lowest BCUT2D eigenvalue weighted by atomic mass is 9.99. The van der Waals surface area contributed by atoms with Gasteiger partial charge in [-0.25, -0.2) is 9.13 Å². The number of unbranched alkanes of at least 4 members (excludes halogenated alkanes) is 53. The van der Waals surface area contributed by atoms with Crippen LogP contribution >= 0.6 is 15.6 Å². The molecule has 0 aliphatic rings. The minimum Gasteiger partial charge on any atom is -0.462 e. The Morgan fingerprint density at radius 1 is 0.279 bits per heavy atom. The first-order chi connectivity index (χ1) is 50.4. The standard InChI is InChI=1S/C85H166O17P2/c1-7-10-12-14-16-18-20-22-23-24-25-26-30-33-37-44-50-56-62-68-83(88)96-73-80(101-84(89)69-63-57-51-45-38-34-31-28-27-29-32-35-41-47-53-59-65-77(4)5)75-99-103(91,92)97-71-79(86)72-98-104(93,94)100-76-81(74-95-82(87)67-61-55-49-43-36-21-19-17-15-13-11-8-2)102-85(90)70-64-58-52-46-40-39-42-48-54-60-66-78(6)9-3/h77-81,86H,7-76H2,1-6H3,(H,91,92)(H,93,94)/t78?,79-,80-,81-/m1/s1. The second-order valence-corrected chi connectivity index (χ2v) is 34.2. The van der Waals surface area contributed by atoms with Gasteiger partial charge in [0.1, 0.15) is 19.3 Å². The number of hydrogen-bond donors (Lipinski definition) is 3. The molecule has 3 unspecified atom stereocenters. The van der Waals surface area contributed by atoms with Gasteiger partial charge in [-0.15, -0.1) is 0 Å². The maximum absolute atomic E-state index is 13.1. The third kappa shape index (κ3) is 76.8. The van der Waals surface area contributed by atoms with Gasteiger partial charge >= 0.3 is 39.5 Å². The highest BCUT2D eigenvalue weighted by molar-refractivity contribution is 7.47. The van der Waals surface area contributed by atoms with E-state index in [1.165, 1.54) is 270 Å². The summed E-state index contributed by atoms with van der Waals surface area (Å²) in [6.07, 6.45) is 67.9. The van der Waals surface area contributed by atoms with Crippen LogP contribution in [0.3, 0.4) is 0 Å². The number of carbonyl (C=O) groups is 4. The lowest BCUT2D eigenvalue weighted by Crippen LogP contribution is -2.30. The summed E-state index contributed by atoms with van der Waals surface area (Å²) >= 11 is 0. The molecule has 0 aromatic carbocycles. The van der Waals surface area contributed by atoms with E-state index in [0.717, 1.165) is 102 Å². The molecular formula is C85H166O17P2. The van der Waals surface area contributed by atoms with Gasteiger partial charge in [0.15, 0.2) is 12.2 Å². The maximum atomic E-state index is 13.1. The highest BCUT2D eigenvalue weighted by Crippen LogP contribution is 2.45. The van der Waals surface area contributed by atoms with Crippen molar-refractivity contribution in [2.24, 2.45) is 11.8 Å². The Morgan fingerprint density at radius 2 is 0.490 bits per heavy atom. The fourth-order valence-electron chi connectivity index (χ4n) is 13.2. The minimum absolute atomic E-state index is 0.107. The van der Waals surface area contributed by atoms with Gasteiger partial charge < -0.3 is 33.8 Å². The number of esters is 4. The normalized spacial score (nSPS) is 14.1. The summed E-state index contributed by atoms with van der Waals surface area (Å²) in [5, 5.41) is 10.7. The second-order valence-electron chi connectivity index (χ2n) is 31.3. The van der Waals surface area contributed by atoms with E-state index in [4.69, 9.17) is 37.0 Å². The first-order valence-electron chi connectivity index (χ1n) is 44.0. The van der Waals surface area contributed by atoms with E-state index in [1.807, 2.05) is 0 Å². The van der Waals surface area contributed by atoms with E-state index in [2.05, 4.69) is 41.5 Å². The van der Waals surface area contributed by atoms with E-state index in [1.54, 1.807) is 0 Å². The fraction of sp³-hybridized carbons (Fsp3) is 0.953. The van der Waals surface area contributed by atoms with E-state index in [0.29, 0.717) is 25.7 Å². The van der Waals surface area contributed by atoms with Crippen LogP contribution in [0.4, 0.5) is 0 Å². The second kappa shape index (κ2) is 76.4. The zero-order valence-electron chi connectivity index (χ0n) is 68.3. The molecule has 0 saturated carbocycles. The molecule has 0 saturated heterocycles. The molecule has 104 heavy (non-hydrogen) atoms. The summed E-state index contributed by atoms with van der Waals surface area (Å²) in [6, 6.07) is 0. The van der Waals surface area contributed by atoms with E-state index in [-0.39, 0.29) is 25.7 Å². The van der Waals surface area contributed by atoms with Gasteiger partial charge in [0.2, 0.25) is 0 Å². The third-order valence-electron chi connectivity index (χ3n) is 20.3. The number of rotatable bonds is 84. The monoisotopic (exact) mass is 1520 g/mol. The molecule has 0 radical (unpaired) electrons. The number of phosphoric acid groups is 2. The number of aliphatic hydroxyl groups excluding tert-OH is 1. The predicted molar refractivity (Wildman–Crippen MR) is 428 cm³/mol. The highest BCUT2D eigenvalue weighted by atomic mass is 31.2. The molecule has 618 valence electrons. The molecule has 19 heteroatoms. The van der Waals surface area contributed by atoms with Gasteiger partial charge in [-0.3, -0.25) is 37.3 Å². The molecule has 0 fully saturated rings. The first-order valence-corrected chi connectivity index (χ1v) is 47.0. The van der Waals surface area contributed by atoms with E-state index in [9.17, 15) is 43.2 Å². The van der Waals surface area contributed by atoms with Crippen molar-refractivity contribution in [3.05, 3.63) is 0 Å².